The highest BCUT2D eigenvalue weighted by Crippen LogP contribution is 2.60. The van der Waals surface area contributed by atoms with Gasteiger partial charge in [0, 0.05) is 5.56 Å². The van der Waals surface area contributed by atoms with Crippen LogP contribution in [0.15, 0.2) is 48.5 Å². The number of carboxylic acid groups (broad SMARTS) is 1. The highest BCUT2D eigenvalue weighted by Gasteiger charge is 2.54. The average Bonchev–Trinajstić information content (AvgIpc) is 3.25. The molecule has 2 saturated heterocycles. The largest absolute Gasteiger partial charge is 0.478 e. The summed E-state index contributed by atoms with van der Waals surface area (Å²) in [6.45, 7) is 0.244. The normalized spacial score (nSPS) is 29.6. The Morgan fingerprint density at radius 1 is 0.875 bits per heavy atom. The number of fused-ring (bicyclic) bond motifs is 2. The number of carboxylic acids is 1. The highest BCUT2D eigenvalue weighted by molar-refractivity contribution is 5.95. The highest BCUT2D eigenvalue weighted by atomic mass is 16.7. The van der Waals surface area contributed by atoms with Crippen LogP contribution in [0.25, 0.3) is 21.9 Å². The second kappa shape index (κ2) is 6.48. The lowest BCUT2D eigenvalue weighted by Crippen LogP contribution is -2.52. The Morgan fingerprint density at radius 2 is 1.66 bits per heavy atom. The van der Waals surface area contributed by atoms with Gasteiger partial charge in [-0.1, -0.05) is 18.2 Å². The molecule has 0 radical (unpaired) electrons. The molecule has 2 unspecified atom stereocenters. The lowest BCUT2D eigenvalue weighted by molar-refractivity contribution is -0.226. The smallest absolute Gasteiger partial charge is 0.335 e. The second-order valence-electron chi connectivity index (χ2n) is 9.92. The Morgan fingerprint density at radius 3 is 2.44 bits per heavy atom. The maximum Gasteiger partial charge on any atom is 0.335 e. The minimum Gasteiger partial charge on any atom is -0.478 e. The number of aromatic carboxylic acids is 1. The van der Waals surface area contributed by atoms with Gasteiger partial charge >= 0.3 is 5.97 Å². The number of ether oxygens (including phenoxy) is 3. The van der Waals surface area contributed by atoms with Crippen LogP contribution in [0.3, 0.4) is 0 Å². The van der Waals surface area contributed by atoms with E-state index in [1.807, 2.05) is 12.1 Å². The van der Waals surface area contributed by atoms with Crippen LogP contribution in [-0.2, 0) is 10.3 Å². The van der Waals surface area contributed by atoms with E-state index in [0.717, 1.165) is 63.6 Å². The summed E-state index contributed by atoms with van der Waals surface area (Å²) in [5.74, 6) is 2.21. The van der Waals surface area contributed by atoms with E-state index in [1.165, 1.54) is 19.3 Å². The van der Waals surface area contributed by atoms with E-state index in [1.54, 1.807) is 12.1 Å². The average molecular weight is 428 g/mol. The van der Waals surface area contributed by atoms with Crippen LogP contribution in [0.1, 0.15) is 48.0 Å². The summed E-state index contributed by atoms with van der Waals surface area (Å²) in [6.07, 6.45) is 6.22. The zero-order valence-electron chi connectivity index (χ0n) is 17.7. The molecule has 1 N–H and O–H groups in total. The second-order valence-corrected chi connectivity index (χ2v) is 9.92. The van der Waals surface area contributed by atoms with E-state index >= 15 is 0 Å². The fraction of sp³-hybridized carbons (Fsp3) is 0.370. The van der Waals surface area contributed by atoms with Crippen molar-refractivity contribution < 1.29 is 24.1 Å². The van der Waals surface area contributed by atoms with Crippen LogP contribution < -0.4 is 9.47 Å². The molecule has 0 spiro atoms. The first-order valence-electron chi connectivity index (χ1n) is 11.5. The van der Waals surface area contributed by atoms with Crippen molar-refractivity contribution >= 4 is 16.7 Å². The summed E-state index contributed by atoms with van der Waals surface area (Å²) >= 11 is 0. The van der Waals surface area contributed by atoms with Gasteiger partial charge in [-0.25, -0.2) is 4.79 Å². The third-order valence-electron chi connectivity index (χ3n) is 7.87. The van der Waals surface area contributed by atoms with Crippen LogP contribution in [0.2, 0.25) is 0 Å². The molecule has 4 bridgehead atoms. The van der Waals surface area contributed by atoms with Gasteiger partial charge in [0.15, 0.2) is 11.5 Å². The third kappa shape index (κ3) is 2.70. The van der Waals surface area contributed by atoms with Crippen molar-refractivity contribution in [2.75, 3.05) is 6.79 Å². The molecular weight excluding hydrogens is 404 g/mol. The zero-order valence-corrected chi connectivity index (χ0v) is 17.7. The van der Waals surface area contributed by atoms with Gasteiger partial charge in [0.2, 0.25) is 6.79 Å². The van der Waals surface area contributed by atoms with Crippen molar-refractivity contribution in [2.45, 2.75) is 43.8 Å². The van der Waals surface area contributed by atoms with E-state index in [9.17, 15) is 9.90 Å². The minimum absolute atomic E-state index is 0.244. The van der Waals surface area contributed by atoms with Crippen molar-refractivity contribution in [3.05, 3.63) is 59.7 Å². The number of benzene rings is 3. The third-order valence-corrected chi connectivity index (χ3v) is 7.87. The number of rotatable bonds is 3. The molecule has 2 saturated carbocycles. The lowest BCUT2D eigenvalue weighted by atomic mass is 9.60. The Labute approximate surface area is 185 Å². The topological polar surface area (TPSA) is 65.0 Å². The first-order valence-corrected chi connectivity index (χ1v) is 11.5. The summed E-state index contributed by atoms with van der Waals surface area (Å²) in [5.41, 5.74) is 3.32. The lowest BCUT2D eigenvalue weighted by Gasteiger charge is -2.56. The van der Waals surface area contributed by atoms with Crippen molar-refractivity contribution in [3.63, 3.8) is 0 Å². The summed E-state index contributed by atoms with van der Waals surface area (Å²) in [5, 5.41) is 11.2. The molecule has 4 fully saturated rings. The fourth-order valence-corrected chi connectivity index (χ4v) is 6.72. The van der Waals surface area contributed by atoms with Gasteiger partial charge in [-0.05, 0) is 96.2 Å². The number of hydrogen-bond donors (Lipinski definition) is 1. The molecule has 0 amide bonds. The van der Waals surface area contributed by atoms with E-state index in [0.29, 0.717) is 11.7 Å². The van der Waals surface area contributed by atoms with Gasteiger partial charge in [0.25, 0.3) is 0 Å². The molecule has 2 atom stereocenters. The van der Waals surface area contributed by atoms with Gasteiger partial charge in [0.05, 0.1) is 17.3 Å². The fourth-order valence-electron chi connectivity index (χ4n) is 6.72. The Kier molecular flexibility index (Phi) is 3.75. The van der Waals surface area contributed by atoms with Gasteiger partial charge in [-0.2, -0.15) is 0 Å². The van der Waals surface area contributed by atoms with Gasteiger partial charge in [-0.15, -0.1) is 0 Å². The van der Waals surface area contributed by atoms with E-state index < -0.39 is 5.97 Å². The van der Waals surface area contributed by atoms with Gasteiger partial charge < -0.3 is 19.3 Å². The molecule has 5 aliphatic rings. The zero-order chi connectivity index (χ0) is 21.4. The van der Waals surface area contributed by atoms with Crippen LogP contribution >= 0.6 is 0 Å². The van der Waals surface area contributed by atoms with Crippen LogP contribution in [-0.4, -0.2) is 24.0 Å². The molecule has 2 aliphatic carbocycles. The monoisotopic (exact) mass is 428 g/mol. The molecular formula is C27H24O5. The van der Waals surface area contributed by atoms with Gasteiger partial charge in [-0.3, -0.25) is 0 Å². The predicted octanol–water partition coefficient (Wildman–Crippen LogP) is 5.74. The minimum atomic E-state index is -0.910. The van der Waals surface area contributed by atoms with Crippen molar-refractivity contribution in [1.82, 2.24) is 0 Å². The molecule has 3 aliphatic heterocycles. The van der Waals surface area contributed by atoms with Gasteiger partial charge in [0.1, 0.15) is 0 Å². The molecule has 162 valence electrons. The van der Waals surface area contributed by atoms with Crippen molar-refractivity contribution in [1.29, 1.82) is 0 Å². The van der Waals surface area contributed by atoms with Crippen LogP contribution in [0.4, 0.5) is 0 Å². The summed E-state index contributed by atoms with van der Waals surface area (Å²) in [6, 6.07) is 15.7. The first-order chi connectivity index (χ1) is 15.6. The number of carbonyl (C=O) groups is 1. The molecule has 3 aromatic rings. The summed E-state index contributed by atoms with van der Waals surface area (Å²) in [7, 11) is 0. The molecule has 32 heavy (non-hydrogen) atoms. The Hall–Kier alpha value is -3.05. The Bertz CT molecular complexity index is 1240. The molecule has 3 aromatic carbocycles. The molecule has 5 heteroatoms. The molecule has 8 rings (SSSR count). The van der Waals surface area contributed by atoms with E-state index in [-0.39, 0.29) is 12.4 Å². The van der Waals surface area contributed by atoms with Crippen molar-refractivity contribution in [3.8, 4) is 22.6 Å². The van der Waals surface area contributed by atoms with Crippen LogP contribution in [0.5, 0.6) is 11.5 Å². The summed E-state index contributed by atoms with van der Waals surface area (Å²) in [4.78, 5) is 11.3. The summed E-state index contributed by atoms with van der Waals surface area (Å²) < 4.78 is 18.5. The predicted molar refractivity (Wildman–Crippen MR) is 119 cm³/mol. The first kappa shape index (κ1) is 18.5. The quantitative estimate of drug-likeness (QED) is 0.576. The standard InChI is InChI=1S/C27H24O5/c28-26(29)20-4-3-17-8-19(2-1-18(17)9-20)21-10-23(25-24(11-21)30-14-31-25)27-12-15-5-16(13-27)7-22(6-15)32-27/h1-4,8-11,15-16,22H,5-7,12-14H2,(H,28,29). The van der Waals surface area contributed by atoms with E-state index in [4.69, 9.17) is 14.2 Å². The SMILES string of the molecule is O=C(O)c1ccc2cc(-c3cc4c(c(C56CC7CC(CC(C7)O5)C6)c3)OCO4)ccc2c1. The van der Waals surface area contributed by atoms with Crippen molar-refractivity contribution in [2.24, 2.45) is 11.8 Å². The Balaban J connectivity index is 1.35. The molecule has 3 heterocycles. The number of hydrogen-bond acceptors (Lipinski definition) is 4. The maximum absolute atomic E-state index is 11.3. The molecule has 5 nitrogen and oxygen atoms in total. The molecule has 0 aromatic heterocycles. The maximum atomic E-state index is 11.3. The van der Waals surface area contributed by atoms with Crippen LogP contribution in [0, 0.1) is 11.8 Å². The van der Waals surface area contributed by atoms with E-state index in [2.05, 4.69) is 24.3 Å².